The average molecular weight is 830 g/mol. The van der Waals surface area contributed by atoms with Gasteiger partial charge in [-0.1, -0.05) is 47.1 Å². The van der Waals surface area contributed by atoms with Gasteiger partial charge >= 0.3 is 11.9 Å². The van der Waals surface area contributed by atoms with E-state index in [4.69, 9.17) is 5.11 Å². The molecule has 1 aliphatic heterocycles. The zero-order valence-electron chi connectivity index (χ0n) is 32.9. The molecular weight excluding hydrogens is 774 g/mol. The largest absolute Gasteiger partial charge is 0.481 e. The Morgan fingerprint density at radius 3 is 1.72 bits per heavy atom. The van der Waals surface area contributed by atoms with Gasteiger partial charge in [-0.2, -0.15) is 0 Å². The lowest BCUT2D eigenvalue weighted by Gasteiger charge is -2.32. The molecule has 7 amide bonds. The van der Waals surface area contributed by atoms with Crippen molar-refractivity contribution < 1.29 is 66.6 Å². The summed E-state index contributed by atoms with van der Waals surface area (Å²) in [5, 5.41) is 32.5. The molecular formula is C35H55N7O14S. The average Bonchev–Trinajstić information content (AvgIpc) is 3.45. The van der Waals surface area contributed by atoms with Crippen LogP contribution in [0.5, 0.6) is 0 Å². The van der Waals surface area contributed by atoms with Crippen LogP contribution in [0.25, 0.3) is 0 Å². The molecule has 1 aliphatic rings. The molecule has 0 saturated carbocycles. The molecule has 0 aromatic rings. The van der Waals surface area contributed by atoms with Gasteiger partial charge in [0.05, 0.1) is 11.8 Å². The first-order chi connectivity index (χ1) is 26.5. The highest BCUT2D eigenvalue weighted by Crippen LogP contribution is 2.20. The Labute approximate surface area is 330 Å². The van der Waals surface area contributed by atoms with Crippen LogP contribution in [0.1, 0.15) is 80.1 Å². The molecule has 320 valence electrons. The lowest BCUT2D eigenvalue weighted by atomic mass is 9.98. The second kappa shape index (κ2) is 23.0. The number of amides is 7. The van der Waals surface area contributed by atoms with Crippen LogP contribution in [0.15, 0.2) is 12.7 Å². The van der Waals surface area contributed by atoms with Gasteiger partial charge in [0.1, 0.15) is 36.1 Å². The highest BCUT2D eigenvalue weighted by molar-refractivity contribution is 7.91. The summed E-state index contributed by atoms with van der Waals surface area (Å²) >= 11 is 0. The van der Waals surface area contributed by atoms with E-state index >= 15 is 0 Å². The topological polar surface area (TPSA) is 321 Å². The molecule has 22 heteroatoms. The summed E-state index contributed by atoms with van der Waals surface area (Å²) in [6, 6.07) is -8.86. The van der Waals surface area contributed by atoms with E-state index in [9.17, 15) is 61.5 Å². The molecule has 6 atom stereocenters. The Bertz CT molecular complexity index is 1670. The Morgan fingerprint density at radius 2 is 1.25 bits per heavy atom. The highest BCUT2D eigenvalue weighted by atomic mass is 32.2. The molecule has 8 N–H and O–H groups in total. The number of aliphatic carboxylic acids is 2. The third-order valence-corrected chi connectivity index (χ3v) is 10.1. The number of nitrogens with zero attached hydrogens (tertiary/aromatic N) is 1. The van der Waals surface area contributed by atoms with Gasteiger partial charge in [-0.05, 0) is 31.1 Å². The van der Waals surface area contributed by atoms with Crippen LogP contribution in [-0.2, 0) is 57.8 Å². The number of sulfone groups is 1. The van der Waals surface area contributed by atoms with Crippen molar-refractivity contribution in [1.82, 2.24) is 36.8 Å². The van der Waals surface area contributed by atoms with Crippen LogP contribution in [0.4, 0.5) is 0 Å². The van der Waals surface area contributed by atoms with E-state index in [0.29, 0.717) is 6.42 Å². The normalized spacial score (nSPS) is 17.2. The van der Waals surface area contributed by atoms with Crippen molar-refractivity contribution in [3.8, 4) is 0 Å². The van der Waals surface area contributed by atoms with Gasteiger partial charge in [-0.3, -0.25) is 47.9 Å². The Kier molecular flexibility index (Phi) is 20.0. The molecule has 0 spiro atoms. The van der Waals surface area contributed by atoms with Crippen LogP contribution in [0.3, 0.4) is 0 Å². The van der Waals surface area contributed by atoms with Gasteiger partial charge < -0.3 is 47.0 Å². The molecule has 0 aliphatic carbocycles. The number of carboxylic acids is 2. The first-order valence-corrected chi connectivity index (χ1v) is 20.1. The number of hydrogen-bond acceptors (Lipinski definition) is 12. The van der Waals surface area contributed by atoms with Crippen molar-refractivity contribution in [3.05, 3.63) is 12.7 Å². The summed E-state index contributed by atoms with van der Waals surface area (Å²) in [7, 11) is -4.05. The molecule has 0 bridgehead atoms. The van der Waals surface area contributed by atoms with Gasteiger partial charge in [0.2, 0.25) is 41.2 Å². The smallest absolute Gasteiger partial charge is 0.303 e. The lowest BCUT2D eigenvalue weighted by Crippen LogP contribution is -2.61. The van der Waals surface area contributed by atoms with Crippen molar-refractivity contribution >= 4 is 68.9 Å². The number of carbonyl (C=O) groups excluding carboxylic acids is 8. The predicted octanol–water partition coefficient (Wildman–Crippen LogP) is -2.27. The Hall–Kier alpha value is -5.41. The Morgan fingerprint density at radius 1 is 0.737 bits per heavy atom. The maximum absolute atomic E-state index is 14.0. The molecule has 0 aromatic carbocycles. The highest BCUT2D eigenvalue weighted by Gasteiger charge is 2.46. The quantitative estimate of drug-likeness (QED) is 0.0376. The molecule has 0 aromatic heterocycles. The maximum atomic E-state index is 14.0. The third kappa shape index (κ3) is 16.3. The number of carboxylic acid groups (broad SMARTS) is 2. The summed E-state index contributed by atoms with van der Waals surface area (Å²) in [6.07, 6.45) is -0.275. The number of carbonyl (C=O) groups is 10. The monoisotopic (exact) mass is 829 g/mol. The summed E-state index contributed by atoms with van der Waals surface area (Å²) in [5.41, 5.74) is 0. The number of hydrogen-bond donors (Lipinski definition) is 8. The molecule has 1 rings (SSSR count). The minimum atomic E-state index is -4.05. The van der Waals surface area contributed by atoms with E-state index in [-0.39, 0.29) is 19.4 Å². The summed E-state index contributed by atoms with van der Waals surface area (Å²) in [5.74, 6) is -13.4. The van der Waals surface area contributed by atoms with Crippen molar-refractivity contribution in [2.24, 2.45) is 11.8 Å². The van der Waals surface area contributed by atoms with Crippen molar-refractivity contribution in [2.75, 3.05) is 18.2 Å². The summed E-state index contributed by atoms with van der Waals surface area (Å²) in [4.78, 5) is 128. The minimum absolute atomic E-state index is 0.0218. The fourth-order valence-electron chi connectivity index (χ4n) is 5.67. The van der Waals surface area contributed by atoms with Crippen LogP contribution in [0.2, 0.25) is 0 Å². The molecule has 57 heavy (non-hydrogen) atoms. The first kappa shape index (κ1) is 49.6. The van der Waals surface area contributed by atoms with Crippen LogP contribution in [-0.4, -0.2) is 137 Å². The fourth-order valence-corrected chi connectivity index (χ4v) is 7.32. The second-order valence-corrected chi connectivity index (χ2v) is 16.3. The molecule has 1 heterocycles. The number of nitrogens with one attached hydrogen (secondary N) is 6. The van der Waals surface area contributed by atoms with E-state index in [0.717, 1.165) is 11.8 Å². The van der Waals surface area contributed by atoms with Crippen LogP contribution < -0.4 is 31.9 Å². The molecule has 1 saturated heterocycles. The van der Waals surface area contributed by atoms with E-state index in [1.54, 1.807) is 6.92 Å². The SMILES string of the molecule is C=CCNC(=O)C(=O)C(CCC)NC(=O)C1CS(=O)(=O)CN1C(=O)C(NC(=O)C(NC(=O)C(CCC(=O)O)NC(=O)C(CCC(=O)O)NC(C)=O)C(C)C)C(C)C. The lowest BCUT2D eigenvalue weighted by molar-refractivity contribution is -0.144. The minimum Gasteiger partial charge on any atom is -0.481 e. The van der Waals surface area contributed by atoms with Gasteiger partial charge in [-0.25, -0.2) is 8.42 Å². The van der Waals surface area contributed by atoms with Gasteiger partial charge in [0, 0.05) is 26.3 Å². The summed E-state index contributed by atoms with van der Waals surface area (Å²) < 4.78 is 25.6. The summed E-state index contributed by atoms with van der Waals surface area (Å²) in [6.45, 7) is 12.3. The standard InChI is InChI=1S/C35H55N7O14S/c1-8-10-21(29(48)34(53)36-15-9-2)38-32(51)24-16-57(55,56)17-42(24)35(54)28(19(5)6)41-33(52)27(18(3)4)40-31(50)23(12-14-26(46)47)39-30(49)22(37-20(7)43)11-13-25(44)45/h9,18-19,21-24,27-28H,2,8,10-17H2,1,3-7H3,(H,36,53)(H,37,43)(H,38,51)(H,39,49)(H,40,50)(H,41,52)(H,44,45)(H,46,47). The van der Waals surface area contributed by atoms with Crippen LogP contribution >= 0.6 is 0 Å². The van der Waals surface area contributed by atoms with Crippen molar-refractivity contribution in [1.29, 1.82) is 0 Å². The van der Waals surface area contributed by atoms with Gasteiger partial charge in [-0.15, -0.1) is 6.58 Å². The van der Waals surface area contributed by atoms with Crippen LogP contribution in [0, 0.1) is 11.8 Å². The molecule has 21 nitrogen and oxygen atoms in total. The van der Waals surface area contributed by atoms with E-state index < -0.39 is 148 Å². The fraction of sp³-hybridized carbons (Fsp3) is 0.657. The zero-order chi connectivity index (χ0) is 43.8. The second-order valence-electron chi connectivity index (χ2n) is 14.2. The number of Topliss-reactive ketones (excluding diaryl/α,β-unsaturated/α-hetero) is 1. The Balaban J connectivity index is 3.35. The van der Waals surface area contributed by atoms with Gasteiger partial charge in [0.25, 0.3) is 5.91 Å². The number of ketones is 1. The van der Waals surface area contributed by atoms with E-state index in [2.05, 4.69) is 38.5 Å². The van der Waals surface area contributed by atoms with Crippen molar-refractivity contribution in [3.63, 3.8) is 0 Å². The van der Waals surface area contributed by atoms with Crippen molar-refractivity contribution in [2.45, 2.75) is 116 Å². The zero-order valence-corrected chi connectivity index (χ0v) is 33.7. The van der Waals surface area contributed by atoms with E-state index in [1.807, 2.05) is 0 Å². The predicted molar refractivity (Wildman–Crippen MR) is 201 cm³/mol. The first-order valence-electron chi connectivity index (χ1n) is 18.3. The van der Waals surface area contributed by atoms with E-state index in [1.165, 1.54) is 33.8 Å². The molecule has 6 unspecified atom stereocenters. The maximum Gasteiger partial charge on any atom is 0.303 e. The van der Waals surface area contributed by atoms with Gasteiger partial charge in [0.15, 0.2) is 9.84 Å². The molecule has 1 fully saturated rings. The third-order valence-electron chi connectivity index (χ3n) is 8.65. The molecule has 0 radical (unpaired) electrons. The number of rotatable bonds is 24.